The molecular weight excluding hydrogens is 288 g/mol. The van der Waals surface area contributed by atoms with Gasteiger partial charge < -0.3 is 10.6 Å². The highest BCUT2D eigenvalue weighted by Gasteiger charge is 2.30. The maximum atomic E-state index is 12.5. The van der Waals surface area contributed by atoms with E-state index in [0.717, 1.165) is 19.3 Å². The Morgan fingerprint density at radius 1 is 1.38 bits per heavy atom. The Bertz CT molecular complexity index is 533. The number of amides is 1. The number of rotatable bonds is 4. The molecule has 0 saturated heterocycles. The van der Waals surface area contributed by atoms with E-state index in [4.69, 9.17) is 17.3 Å². The Balaban J connectivity index is 2.06. The Hall–Kier alpha value is -1.39. The zero-order valence-electron chi connectivity index (χ0n) is 12.2. The van der Waals surface area contributed by atoms with Gasteiger partial charge in [-0.3, -0.25) is 9.59 Å². The summed E-state index contributed by atoms with van der Waals surface area (Å²) in [5, 5.41) is 0.550. The van der Waals surface area contributed by atoms with Crippen molar-refractivity contribution in [1.29, 1.82) is 0 Å². The summed E-state index contributed by atoms with van der Waals surface area (Å²) < 4.78 is 0. The Morgan fingerprint density at radius 2 is 2.14 bits per heavy atom. The lowest BCUT2D eigenvalue weighted by atomic mass is 9.82. The van der Waals surface area contributed by atoms with Gasteiger partial charge in [0, 0.05) is 29.6 Å². The average molecular weight is 309 g/mol. The summed E-state index contributed by atoms with van der Waals surface area (Å²) >= 11 is 5.93. The number of benzene rings is 1. The second-order valence-corrected chi connectivity index (χ2v) is 6.05. The molecule has 114 valence electrons. The Kier molecular flexibility index (Phi) is 5.37. The van der Waals surface area contributed by atoms with Crippen molar-refractivity contribution in [3.05, 3.63) is 34.9 Å². The van der Waals surface area contributed by atoms with E-state index in [-0.39, 0.29) is 30.2 Å². The molecule has 21 heavy (non-hydrogen) atoms. The third kappa shape index (κ3) is 3.83. The topological polar surface area (TPSA) is 63.4 Å². The van der Waals surface area contributed by atoms with Crippen LogP contribution in [-0.4, -0.2) is 36.2 Å². The fourth-order valence-corrected chi connectivity index (χ4v) is 3.16. The molecule has 2 atom stereocenters. The van der Waals surface area contributed by atoms with Gasteiger partial charge in [-0.15, -0.1) is 0 Å². The van der Waals surface area contributed by atoms with E-state index >= 15 is 0 Å². The molecule has 1 fully saturated rings. The van der Waals surface area contributed by atoms with Gasteiger partial charge in [-0.1, -0.05) is 24.1 Å². The molecule has 4 nitrogen and oxygen atoms in total. The first-order chi connectivity index (χ1) is 10.0. The van der Waals surface area contributed by atoms with E-state index in [2.05, 4.69) is 0 Å². The third-order valence-electron chi connectivity index (χ3n) is 4.24. The first-order valence-electron chi connectivity index (χ1n) is 7.28. The highest BCUT2D eigenvalue weighted by Crippen LogP contribution is 2.28. The van der Waals surface area contributed by atoms with Crippen LogP contribution in [0, 0.1) is 5.92 Å². The monoisotopic (exact) mass is 308 g/mol. The van der Waals surface area contributed by atoms with Gasteiger partial charge >= 0.3 is 0 Å². The van der Waals surface area contributed by atoms with E-state index in [1.54, 1.807) is 36.2 Å². The van der Waals surface area contributed by atoms with Crippen molar-refractivity contribution >= 4 is 23.3 Å². The lowest BCUT2D eigenvalue weighted by molar-refractivity contribution is -0.122. The fraction of sp³-hybridized carbons (Fsp3) is 0.500. The molecule has 1 saturated carbocycles. The van der Waals surface area contributed by atoms with Crippen LogP contribution in [0.25, 0.3) is 0 Å². The summed E-state index contributed by atoms with van der Waals surface area (Å²) in [5.41, 5.74) is 6.03. The number of ketones is 1. The summed E-state index contributed by atoms with van der Waals surface area (Å²) in [4.78, 5) is 26.0. The molecule has 0 bridgehead atoms. The van der Waals surface area contributed by atoms with Gasteiger partial charge in [0.15, 0.2) is 0 Å². The van der Waals surface area contributed by atoms with Crippen LogP contribution in [0.2, 0.25) is 5.02 Å². The van der Waals surface area contributed by atoms with Gasteiger partial charge in [0.2, 0.25) is 0 Å². The van der Waals surface area contributed by atoms with Gasteiger partial charge in [0.05, 0.1) is 6.54 Å². The number of hydrogen-bond acceptors (Lipinski definition) is 3. The minimum Gasteiger partial charge on any atom is -0.339 e. The minimum atomic E-state index is -0.0525. The van der Waals surface area contributed by atoms with E-state index in [0.29, 0.717) is 17.0 Å². The predicted molar refractivity (Wildman–Crippen MR) is 83.4 cm³/mol. The molecule has 2 N–H and O–H groups in total. The predicted octanol–water partition coefficient (Wildman–Crippen LogP) is 2.50. The second kappa shape index (κ2) is 7.05. The van der Waals surface area contributed by atoms with Crippen LogP contribution >= 0.6 is 11.6 Å². The van der Waals surface area contributed by atoms with Crippen LogP contribution in [0.4, 0.5) is 0 Å². The molecule has 0 spiro atoms. The molecule has 0 unspecified atom stereocenters. The Morgan fingerprint density at radius 3 is 2.81 bits per heavy atom. The molecule has 2 rings (SSSR count). The third-order valence-corrected chi connectivity index (χ3v) is 4.48. The van der Waals surface area contributed by atoms with Crippen molar-refractivity contribution < 1.29 is 9.59 Å². The number of carbonyl (C=O) groups excluding carboxylic acids is 2. The summed E-state index contributed by atoms with van der Waals surface area (Å²) in [5.74, 6) is 0.0370. The number of carbonyl (C=O) groups is 2. The average Bonchev–Trinajstić information content (AvgIpc) is 2.52. The highest BCUT2D eigenvalue weighted by atomic mass is 35.5. The minimum absolute atomic E-state index is 0.0108. The van der Waals surface area contributed by atoms with E-state index in [1.807, 2.05) is 0 Å². The zero-order valence-corrected chi connectivity index (χ0v) is 13.0. The van der Waals surface area contributed by atoms with Gasteiger partial charge in [0.1, 0.15) is 5.78 Å². The van der Waals surface area contributed by atoms with Crippen LogP contribution in [-0.2, 0) is 4.79 Å². The molecule has 0 heterocycles. The van der Waals surface area contributed by atoms with Crippen molar-refractivity contribution in [2.24, 2.45) is 11.7 Å². The fourth-order valence-electron chi connectivity index (χ4n) is 2.97. The summed E-state index contributed by atoms with van der Waals surface area (Å²) in [6, 6.07) is 7.03. The standard InChI is InChI=1S/C16H21ClN2O2/c1-19(16(21)12-5-2-6-13(17)8-12)14-7-3-4-11(9-14)15(20)10-18/h2,5-6,8,11,14H,3-4,7,9-10,18H2,1H3/t11-,14+/m1/s1. The largest absolute Gasteiger partial charge is 0.339 e. The van der Waals surface area contributed by atoms with Crippen LogP contribution < -0.4 is 5.73 Å². The number of halogens is 1. The Labute approximate surface area is 130 Å². The molecule has 5 heteroatoms. The molecule has 1 aromatic rings. The molecular formula is C16H21ClN2O2. The molecule has 1 aromatic carbocycles. The SMILES string of the molecule is CN(C(=O)c1cccc(Cl)c1)[C@H]1CCC[C@@H](C(=O)CN)C1. The number of nitrogens with zero attached hydrogens (tertiary/aromatic N) is 1. The quantitative estimate of drug-likeness (QED) is 0.929. The van der Waals surface area contributed by atoms with E-state index < -0.39 is 0 Å². The van der Waals surface area contributed by atoms with Crippen molar-refractivity contribution in [1.82, 2.24) is 4.90 Å². The molecule has 0 aliphatic heterocycles. The molecule has 1 aliphatic carbocycles. The van der Waals surface area contributed by atoms with E-state index in [9.17, 15) is 9.59 Å². The summed E-state index contributed by atoms with van der Waals surface area (Å²) in [7, 11) is 1.79. The molecule has 0 radical (unpaired) electrons. The van der Waals surface area contributed by atoms with Crippen LogP contribution in [0.5, 0.6) is 0 Å². The van der Waals surface area contributed by atoms with Crippen LogP contribution in [0.1, 0.15) is 36.0 Å². The maximum absolute atomic E-state index is 12.5. The normalized spacial score (nSPS) is 21.9. The molecule has 0 aromatic heterocycles. The van der Waals surface area contributed by atoms with Gasteiger partial charge in [-0.25, -0.2) is 0 Å². The highest BCUT2D eigenvalue weighted by molar-refractivity contribution is 6.30. The maximum Gasteiger partial charge on any atom is 0.253 e. The first-order valence-corrected chi connectivity index (χ1v) is 7.66. The van der Waals surface area contributed by atoms with Crippen molar-refractivity contribution in [3.63, 3.8) is 0 Å². The second-order valence-electron chi connectivity index (χ2n) is 5.61. The zero-order chi connectivity index (χ0) is 15.4. The molecule has 1 aliphatic rings. The van der Waals surface area contributed by atoms with Crippen molar-refractivity contribution in [3.8, 4) is 0 Å². The smallest absolute Gasteiger partial charge is 0.253 e. The van der Waals surface area contributed by atoms with Crippen molar-refractivity contribution in [2.75, 3.05) is 13.6 Å². The van der Waals surface area contributed by atoms with Crippen LogP contribution in [0.3, 0.4) is 0 Å². The summed E-state index contributed by atoms with van der Waals surface area (Å²) in [6.07, 6.45) is 3.47. The number of Topliss-reactive ketones (excluding diaryl/α,β-unsaturated/α-hetero) is 1. The van der Waals surface area contributed by atoms with Crippen LogP contribution in [0.15, 0.2) is 24.3 Å². The lowest BCUT2D eigenvalue weighted by Crippen LogP contribution is -2.42. The number of nitrogens with two attached hydrogens (primary N) is 1. The first kappa shape index (κ1) is 16.0. The summed E-state index contributed by atoms with van der Waals surface area (Å²) in [6.45, 7) is 0.0866. The number of hydrogen-bond donors (Lipinski definition) is 1. The van der Waals surface area contributed by atoms with Gasteiger partial charge in [-0.05, 0) is 37.5 Å². The van der Waals surface area contributed by atoms with E-state index in [1.165, 1.54) is 0 Å². The molecule has 1 amide bonds. The van der Waals surface area contributed by atoms with Crippen molar-refractivity contribution in [2.45, 2.75) is 31.7 Å². The van der Waals surface area contributed by atoms with Gasteiger partial charge in [-0.2, -0.15) is 0 Å². The van der Waals surface area contributed by atoms with Gasteiger partial charge in [0.25, 0.3) is 5.91 Å². The lowest BCUT2D eigenvalue weighted by Gasteiger charge is -2.34.